The van der Waals surface area contributed by atoms with E-state index in [0.29, 0.717) is 13.0 Å². The van der Waals surface area contributed by atoms with Crippen molar-refractivity contribution in [2.75, 3.05) is 34.9 Å². The Balaban J connectivity index is 1.74. The number of methoxy groups -OCH3 is 3. The Kier molecular flexibility index (Phi) is 14.8. The number of nitrogens with two attached hydrogens (primary N) is 1. The van der Waals surface area contributed by atoms with Gasteiger partial charge in [-0.15, -0.1) is 0 Å². The fourth-order valence-corrected chi connectivity index (χ4v) is 6.92. The standard InChI is InChI=1S/C37H59N5O8/c1-22(2)30(40-36(47)37(4,5)38)34(45)41(6)31(25-17-18-25)28(48-7)21-29(43)42-19-13-16-27(42)32(49-8)23(3)33(44)39-26(35(46)50-9)20-24-14-11-10-12-15-24/h10-12,14-15,22-23,25-28,30-32H,13,16-21,38H2,1-9H3,(H,39,44)(H,40,47). The van der Waals surface area contributed by atoms with Crippen LogP contribution in [0.2, 0.25) is 0 Å². The predicted octanol–water partition coefficient (Wildman–Crippen LogP) is 2.05. The molecule has 2 aliphatic rings. The van der Waals surface area contributed by atoms with Crippen molar-refractivity contribution in [2.45, 2.75) is 115 Å². The van der Waals surface area contributed by atoms with E-state index >= 15 is 0 Å². The monoisotopic (exact) mass is 701 g/mol. The molecule has 4 N–H and O–H groups in total. The molecule has 280 valence electrons. The second kappa shape index (κ2) is 18.1. The summed E-state index contributed by atoms with van der Waals surface area (Å²) in [7, 11) is 6.06. The number of benzene rings is 1. The second-order valence-electron chi connectivity index (χ2n) is 14.7. The Morgan fingerprint density at radius 2 is 1.62 bits per heavy atom. The van der Waals surface area contributed by atoms with Gasteiger partial charge in [-0.05, 0) is 56.9 Å². The quantitative estimate of drug-likeness (QED) is 0.194. The number of amides is 4. The number of hydrogen-bond acceptors (Lipinski definition) is 9. The van der Waals surface area contributed by atoms with Crippen molar-refractivity contribution in [1.29, 1.82) is 0 Å². The Hall–Kier alpha value is -3.55. The van der Waals surface area contributed by atoms with Gasteiger partial charge in [0, 0.05) is 34.2 Å². The summed E-state index contributed by atoms with van der Waals surface area (Å²) < 4.78 is 16.8. The van der Waals surface area contributed by atoms with Gasteiger partial charge in [0.15, 0.2) is 0 Å². The molecule has 50 heavy (non-hydrogen) atoms. The van der Waals surface area contributed by atoms with Gasteiger partial charge in [-0.3, -0.25) is 19.2 Å². The Bertz CT molecular complexity index is 1310. The molecule has 2 fully saturated rings. The van der Waals surface area contributed by atoms with Crippen LogP contribution in [0.1, 0.15) is 72.3 Å². The lowest BCUT2D eigenvalue weighted by atomic mass is 9.93. The summed E-state index contributed by atoms with van der Waals surface area (Å²) in [5, 5.41) is 5.67. The number of likely N-dealkylation sites (tertiary alicyclic amines) is 1. The lowest BCUT2D eigenvalue weighted by Crippen LogP contribution is -2.60. The smallest absolute Gasteiger partial charge is 0.328 e. The van der Waals surface area contributed by atoms with Gasteiger partial charge in [-0.2, -0.15) is 0 Å². The molecule has 1 aromatic rings. The van der Waals surface area contributed by atoms with Crippen LogP contribution in [0, 0.1) is 17.8 Å². The highest BCUT2D eigenvalue weighted by atomic mass is 16.5. The minimum Gasteiger partial charge on any atom is -0.467 e. The normalized spacial score (nSPS) is 19.9. The first kappa shape index (κ1) is 40.9. The van der Waals surface area contributed by atoms with E-state index in [1.54, 1.807) is 44.7 Å². The van der Waals surface area contributed by atoms with Crippen molar-refractivity contribution in [2.24, 2.45) is 23.5 Å². The van der Waals surface area contributed by atoms with Crippen LogP contribution >= 0.6 is 0 Å². The lowest BCUT2D eigenvalue weighted by Gasteiger charge is -2.39. The Morgan fingerprint density at radius 3 is 2.14 bits per heavy atom. The fourth-order valence-electron chi connectivity index (χ4n) is 6.92. The van der Waals surface area contributed by atoms with Crippen LogP contribution in [0.5, 0.6) is 0 Å². The summed E-state index contributed by atoms with van der Waals surface area (Å²) in [6.45, 7) is 9.13. The molecule has 0 bridgehead atoms. The molecular formula is C37H59N5O8. The van der Waals surface area contributed by atoms with Crippen LogP contribution in [-0.2, 0) is 44.6 Å². The lowest BCUT2D eigenvalue weighted by molar-refractivity contribution is -0.148. The minimum atomic E-state index is -1.15. The molecule has 13 heteroatoms. The van der Waals surface area contributed by atoms with Crippen LogP contribution in [0.25, 0.3) is 0 Å². The molecule has 13 nitrogen and oxygen atoms in total. The van der Waals surface area contributed by atoms with E-state index in [1.165, 1.54) is 14.2 Å². The zero-order valence-electron chi connectivity index (χ0n) is 31.3. The van der Waals surface area contributed by atoms with Gasteiger partial charge in [-0.25, -0.2) is 4.79 Å². The zero-order chi connectivity index (χ0) is 37.3. The van der Waals surface area contributed by atoms with Gasteiger partial charge in [0.05, 0.1) is 49.3 Å². The van der Waals surface area contributed by atoms with Crippen LogP contribution in [-0.4, -0.2) is 116 Å². The van der Waals surface area contributed by atoms with E-state index in [-0.39, 0.29) is 54.5 Å². The Labute approximate surface area is 297 Å². The van der Waals surface area contributed by atoms with E-state index in [2.05, 4.69) is 10.6 Å². The highest BCUT2D eigenvalue weighted by Gasteiger charge is 2.46. The van der Waals surface area contributed by atoms with Crippen LogP contribution in [0.15, 0.2) is 30.3 Å². The number of rotatable bonds is 18. The molecule has 1 heterocycles. The van der Waals surface area contributed by atoms with E-state index in [9.17, 15) is 24.0 Å². The maximum atomic E-state index is 14.0. The Morgan fingerprint density at radius 1 is 0.980 bits per heavy atom. The van der Waals surface area contributed by atoms with Gasteiger partial charge in [-0.1, -0.05) is 51.1 Å². The summed E-state index contributed by atoms with van der Waals surface area (Å²) in [4.78, 5) is 70.2. The summed E-state index contributed by atoms with van der Waals surface area (Å²) in [5.41, 5.74) is 5.72. The van der Waals surface area contributed by atoms with Gasteiger partial charge in [0.2, 0.25) is 23.6 Å². The summed E-state index contributed by atoms with van der Waals surface area (Å²) in [6.07, 6.45) is 2.23. The van der Waals surface area contributed by atoms with Gasteiger partial charge in [0.25, 0.3) is 0 Å². The molecule has 0 spiro atoms. The number of carbonyl (C=O) groups is 5. The number of carbonyl (C=O) groups excluding carboxylic acids is 5. The van der Waals surface area contributed by atoms with E-state index in [4.69, 9.17) is 19.9 Å². The van der Waals surface area contributed by atoms with Crippen LogP contribution < -0.4 is 16.4 Å². The summed E-state index contributed by atoms with van der Waals surface area (Å²) in [6, 6.07) is 6.92. The molecule has 7 unspecified atom stereocenters. The third-order valence-electron chi connectivity index (χ3n) is 10.0. The van der Waals surface area contributed by atoms with E-state index in [0.717, 1.165) is 24.8 Å². The number of nitrogens with one attached hydrogen (secondary N) is 2. The molecular weight excluding hydrogens is 642 g/mol. The molecule has 7 atom stereocenters. The molecule has 1 aliphatic heterocycles. The third-order valence-corrected chi connectivity index (χ3v) is 10.0. The molecule has 1 saturated heterocycles. The first-order valence-corrected chi connectivity index (χ1v) is 17.7. The maximum absolute atomic E-state index is 14.0. The van der Waals surface area contributed by atoms with Gasteiger partial charge in [0.1, 0.15) is 12.1 Å². The number of hydrogen-bond donors (Lipinski definition) is 3. The van der Waals surface area contributed by atoms with E-state index < -0.39 is 47.6 Å². The molecule has 1 aliphatic carbocycles. The average Bonchev–Trinajstić information content (AvgIpc) is 3.80. The van der Waals surface area contributed by atoms with Crippen LogP contribution in [0.4, 0.5) is 0 Å². The second-order valence-corrected chi connectivity index (χ2v) is 14.7. The van der Waals surface area contributed by atoms with Gasteiger partial charge < -0.3 is 40.4 Å². The van der Waals surface area contributed by atoms with Crippen molar-refractivity contribution >= 4 is 29.6 Å². The van der Waals surface area contributed by atoms with Crippen molar-refractivity contribution in [1.82, 2.24) is 20.4 Å². The SMILES string of the molecule is COC(=O)C(Cc1ccccc1)NC(=O)C(C)C(OC)C1CCCN1C(=O)CC(OC)C(C1CC1)N(C)C(=O)C(NC(=O)C(C)(C)N)C(C)C. The molecule has 3 rings (SSSR count). The third kappa shape index (κ3) is 10.5. The number of likely N-dealkylation sites (N-methyl/N-ethyl adjacent to an activating group) is 1. The van der Waals surface area contributed by atoms with Crippen molar-refractivity contribution in [3.8, 4) is 0 Å². The molecule has 0 aromatic heterocycles. The highest BCUT2D eigenvalue weighted by molar-refractivity contribution is 5.92. The predicted molar refractivity (Wildman–Crippen MR) is 189 cm³/mol. The summed E-state index contributed by atoms with van der Waals surface area (Å²) in [5.74, 6) is -2.51. The number of esters is 1. The molecule has 1 aromatic carbocycles. The minimum absolute atomic E-state index is 0.0266. The number of ether oxygens (including phenoxy) is 3. The molecule has 1 saturated carbocycles. The van der Waals surface area contributed by atoms with Crippen molar-refractivity contribution in [3.05, 3.63) is 35.9 Å². The van der Waals surface area contributed by atoms with Crippen LogP contribution in [0.3, 0.4) is 0 Å². The zero-order valence-corrected chi connectivity index (χ0v) is 31.3. The molecule has 4 amide bonds. The van der Waals surface area contributed by atoms with E-state index in [1.807, 2.05) is 44.2 Å². The largest absolute Gasteiger partial charge is 0.467 e. The average molecular weight is 702 g/mol. The first-order chi connectivity index (χ1) is 23.5. The highest BCUT2D eigenvalue weighted by Crippen LogP contribution is 2.39. The van der Waals surface area contributed by atoms with Crippen molar-refractivity contribution in [3.63, 3.8) is 0 Å². The van der Waals surface area contributed by atoms with Gasteiger partial charge >= 0.3 is 5.97 Å². The summed E-state index contributed by atoms with van der Waals surface area (Å²) >= 11 is 0. The first-order valence-electron chi connectivity index (χ1n) is 17.7. The van der Waals surface area contributed by atoms with Crippen molar-refractivity contribution < 1.29 is 38.2 Å². The maximum Gasteiger partial charge on any atom is 0.328 e. The molecule has 0 radical (unpaired) electrons. The number of nitrogens with zero attached hydrogens (tertiary/aromatic N) is 2. The topological polar surface area (TPSA) is 170 Å². The fraction of sp³-hybridized carbons (Fsp3) is 0.703.